The maximum Gasteiger partial charge on any atom is 0.235 e. The first-order valence-electron chi connectivity index (χ1n) is 4.77. The molecule has 0 aliphatic heterocycles. The van der Waals surface area contributed by atoms with Gasteiger partial charge >= 0.3 is 0 Å². The van der Waals surface area contributed by atoms with Crippen LogP contribution in [0, 0.1) is 0 Å². The number of hydrogen-bond donors (Lipinski definition) is 2. The van der Waals surface area contributed by atoms with E-state index in [0.29, 0.717) is 13.0 Å². The Hall–Kier alpha value is -1.36. The van der Waals surface area contributed by atoms with Crippen molar-refractivity contribution in [3.63, 3.8) is 0 Å². The van der Waals surface area contributed by atoms with Crippen molar-refractivity contribution in [2.45, 2.75) is 32.7 Å². The zero-order valence-electron chi connectivity index (χ0n) is 8.36. The van der Waals surface area contributed by atoms with Crippen molar-refractivity contribution in [3.8, 4) is 0 Å². The van der Waals surface area contributed by atoms with Gasteiger partial charge < -0.3 is 4.57 Å². The molecule has 0 unspecified atom stereocenters. The van der Waals surface area contributed by atoms with Crippen molar-refractivity contribution in [3.05, 3.63) is 18.2 Å². The van der Waals surface area contributed by atoms with Crippen LogP contribution in [-0.2, 0) is 17.8 Å². The van der Waals surface area contributed by atoms with Crippen LogP contribution < -0.4 is 11.3 Å². The average molecular weight is 196 g/mol. The molecule has 1 heterocycles. The minimum Gasteiger partial charge on any atom is -0.334 e. The predicted octanol–water partition coefficient (Wildman–Crippen LogP) is 0.216. The van der Waals surface area contributed by atoms with Crippen LogP contribution in [0.2, 0.25) is 0 Å². The third-order valence-electron chi connectivity index (χ3n) is 2.02. The molecule has 5 heteroatoms. The van der Waals surface area contributed by atoms with Crippen LogP contribution in [-0.4, -0.2) is 15.5 Å². The molecule has 3 N–H and O–H groups in total. The van der Waals surface area contributed by atoms with Gasteiger partial charge in [0.15, 0.2) is 0 Å². The summed E-state index contributed by atoms with van der Waals surface area (Å²) in [5, 5.41) is 0. The van der Waals surface area contributed by atoms with E-state index in [1.165, 1.54) is 0 Å². The van der Waals surface area contributed by atoms with Crippen LogP contribution >= 0.6 is 0 Å². The molecule has 0 fully saturated rings. The zero-order chi connectivity index (χ0) is 10.4. The number of hydrazine groups is 1. The number of amides is 1. The molecule has 0 saturated carbocycles. The largest absolute Gasteiger partial charge is 0.334 e. The molecule has 14 heavy (non-hydrogen) atoms. The van der Waals surface area contributed by atoms with Gasteiger partial charge in [-0.25, -0.2) is 10.8 Å². The predicted molar refractivity (Wildman–Crippen MR) is 53.2 cm³/mol. The highest BCUT2D eigenvalue weighted by Crippen LogP contribution is 2.02. The van der Waals surface area contributed by atoms with E-state index in [4.69, 9.17) is 5.84 Å². The highest BCUT2D eigenvalue weighted by atomic mass is 16.2. The molecule has 1 amide bonds. The first-order valence-corrected chi connectivity index (χ1v) is 4.77. The Kier molecular flexibility index (Phi) is 4.12. The summed E-state index contributed by atoms with van der Waals surface area (Å²) in [5.41, 5.74) is 2.11. The lowest BCUT2D eigenvalue weighted by Crippen LogP contribution is -2.30. The van der Waals surface area contributed by atoms with Gasteiger partial charge in [0.2, 0.25) is 5.91 Å². The number of hydrogen-bond acceptors (Lipinski definition) is 3. The molecule has 1 aromatic heterocycles. The third kappa shape index (κ3) is 2.85. The average Bonchev–Trinajstić information content (AvgIpc) is 2.62. The molecule has 0 bridgehead atoms. The van der Waals surface area contributed by atoms with Crippen molar-refractivity contribution in [1.29, 1.82) is 0 Å². The van der Waals surface area contributed by atoms with Crippen molar-refractivity contribution >= 4 is 5.91 Å². The number of rotatable bonds is 5. The summed E-state index contributed by atoms with van der Waals surface area (Å²) in [5.74, 6) is 5.86. The third-order valence-corrected chi connectivity index (χ3v) is 2.02. The van der Waals surface area contributed by atoms with Gasteiger partial charge in [0.05, 0.1) is 0 Å². The molecular formula is C9H16N4O. The highest BCUT2D eigenvalue weighted by molar-refractivity contribution is 5.75. The van der Waals surface area contributed by atoms with Gasteiger partial charge in [0, 0.05) is 31.8 Å². The van der Waals surface area contributed by atoms with Crippen molar-refractivity contribution in [1.82, 2.24) is 15.0 Å². The minimum absolute atomic E-state index is 0.152. The van der Waals surface area contributed by atoms with E-state index in [1.807, 2.05) is 10.8 Å². The Morgan fingerprint density at radius 2 is 2.50 bits per heavy atom. The molecule has 0 aliphatic carbocycles. The molecule has 0 saturated heterocycles. The van der Waals surface area contributed by atoms with Gasteiger partial charge in [-0.3, -0.25) is 10.2 Å². The van der Waals surface area contributed by atoms with Gasteiger partial charge in [-0.05, 0) is 6.42 Å². The summed E-state index contributed by atoms with van der Waals surface area (Å²) in [6, 6.07) is 0. The maximum absolute atomic E-state index is 10.9. The van der Waals surface area contributed by atoms with Gasteiger partial charge in [0.1, 0.15) is 5.82 Å². The quantitative estimate of drug-likeness (QED) is 0.402. The first kappa shape index (κ1) is 10.7. The van der Waals surface area contributed by atoms with Gasteiger partial charge in [-0.15, -0.1) is 0 Å². The Morgan fingerprint density at radius 3 is 3.14 bits per heavy atom. The second kappa shape index (κ2) is 5.39. The molecule has 0 atom stereocenters. The maximum atomic E-state index is 10.9. The van der Waals surface area contributed by atoms with E-state index in [1.54, 1.807) is 6.20 Å². The van der Waals surface area contributed by atoms with Gasteiger partial charge in [0.25, 0.3) is 0 Å². The van der Waals surface area contributed by atoms with E-state index >= 15 is 0 Å². The van der Waals surface area contributed by atoms with Gasteiger partial charge in [-0.2, -0.15) is 0 Å². The van der Waals surface area contributed by atoms with E-state index in [-0.39, 0.29) is 5.91 Å². The zero-order valence-corrected chi connectivity index (χ0v) is 8.36. The van der Waals surface area contributed by atoms with Crippen LogP contribution in [0.3, 0.4) is 0 Å². The summed E-state index contributed by atoms with van der Waals surface area (Å²) in [7, 11) is 0. The molecule has 0 aromatic carbocycles. The van der Waals surface area contributed by atoms with Crippen molar-refractivity contribution in [2.75, 3.05) is 0 Å². The van der Waals surface area contributed by atoms with Gasteiger partial charge in [-0.1, -0.05) is 6.92 Å². The molecule has 5 nitrogen and oxygen atoms in total. The van der Waals surface area contributed by atoms with Crippen LogP contribution in [0.25, 0.3) is 0 Å². The molecule has 78 valence electrons. The molecule has 1 aromatic rings. The Labute approximate surface area is 83.3 Å². The number of nitrogens with two attached hydrogens (primary N) is 1. The monoisotopic (exact) mass is 196 g/mol. The number of imidazole rings is 1. The number of nitrogens with zero attached hydrogens (tertiary/aromatic N) is 2. The summed E-state index contributed by atoms with van der Waals surface area (Å²) in [6.07, 6.45) is 6.03. The van der Waals surface area contributed by atoms with Crippen LogP contribution in [0.5, 0.6) is 0 Å². The fourth-order valence-electron chi connectivity index (χ4n) is 1.29. The van der Waals surface area contributed by atoms with E-state index < -0.39 is 0 Å². The molecule has 0 aliphatic rings. The lowest BCUT2D eigenvalue weighted by molar-refractivity contribution is -0.121. The molecular weight excluding hydrogens is 180 g/mol. The van der Waals surface area contributed by atoms with Crippen molar-refractivity contribution in [2.24, 2.45) is 5.84 Å². The second-order valence-electron chi connectivity index (χ2n) is 3.10. The molecule has 0 spiro atoms. The molecule has 0 radical (unpaired) electrons. The standard InChI is InChI=1S/C9H16N4O/c1-2-3-8-11-5-7-13(8)6-4-9(14)12-10/h5,7H,2-4,6,10H2,1H3,(H,12,14). The number of carbonyl (C=O) groups excluding carboxylic acids is 1. The van der Waals surface area contributed by atoms with Crippen LogP contribution in [0.4, 0.5) is 0 Å². The Balaban J connectivity index is 2.49. The van der Waals surface area contributed by atoms with Crippen LogP contribution in [0.15, 0.2) is 12.4 Å². The number of carbonyl (C=O) groups is 1. The van der Waals surface area contributed by atoms with Crippen molar-refractivity contribution < 1.29 is 4.79 Å². The van der Waals surface area contributed by atoms with E-state index in [9.17, 15) is 4.79 Å². The lowest BCUT2D eigenvalue weighted by Gasteiger charge is -2.05. The number of aryl methyl sites for hydroxylation is 2. The SMILES string of the molecule is CCCc1nccn1CCC(=O)NN. The smallest absolute Gasteiger partial charge is 0.235 e. The number of aromatic nitrogens is 2. The summed E-state index contributed by atoms with van der Waals surface area (Å²) >= 11 is 0. The summed E-state index contributed by atoms with van der Waals surface area (Å²) in [4.78, 5) is 15.1. The van der Waals surface area contributed by atoms with Crippen LogP contribution in [0.1, 0.15) is 25.6 Å². The second-order valence-corrected chi connectivity index (χ2v) is 3.10. The van der Waals surface area contributed by atoms with E-state index in [0.717, 1.165) is 18.7 Å². The Bertz CT molecular complexity index is 295. The lowest BCUT2D eigenvalue weighted by atomic mass is 10.3. The first-order chi connectivity index (χ1) is 6.77. The van der Waals surface area contributed by atoms with E-state index in [2.05, 4.69) is 17.3 Å². The number of nitrogens with one attached hydrogen (secondary N) is 1. The molecule has 1 rings (SSSR count). The normalized spacial score (nSPS) is 10.1. The topological polar surface area (TPSA) is 72.9 Å². The summed E-state index contributed by atoms with van der Waals surface area (Å²) in [6.45, 7) is 2.74. The highest BCUT2D eigenvalue weighted by Gasteiger charge is 2.03. The minimum atomic E-state index is -0.152. The fourth-order valence-corrected chi connectivity index (χ4v) is 1.29. The fraction of sp³-hybridized carbons (Fsp3) is 0.556. The summed E-state index contributed by atoms with van der Waals surface area (Å²) < 4.78 is 1.98. The Morgan fingerprint density at radius 1 is 1.71 bits per heavy atom.